The van der Waals surface area contributed by atoms with Gasteiger partial charge in [-0.05, 0) is 49.6 Å². The molecule has 2 aliphatic rings. The van der Waals surface area contributed by atoms with Crippen LogP contribution in [0, 0.1) is 11.3 Å². The van der Waals surface area contributed by atoms with Crippen molar-refractivity contribution in [3.05, 3.63) is 71.5 Å². The fourth-order valence-electron chi connectivity index (χ4n) is 5.02. The van der Waals surface area contributed by atoms with E-state index >= 15 is 0 Å². The topological polar surface area (TPSA) is 92.5 Å². The van der Waals surface area contributed by atoms with E-state index in [9.17, 15) is 5.26 Å². The Bertz CT molecular complexity index is 1510. The van der Waals surface area contributed by atoms with Crippen LogP contribution >= 0.6 is 11.6 Å². The van der Waals surface area contributed by atoms with Crippen LogP contribution in [0.1, 0.15) is 31.2 Å². The van der Waals surface area contributed by atoms with Crippen LogP contribution in [-0.4, -0.2) is 42.4 Å². The summed E-state index contributed by atoms with van der Waals surface area (Å²) in [5, 5.41) is 14.6. The molecule has 0 bridgehead atoms. The highest BCUT2D eigenvalue weighted by Gasteiger charge is 2.24. The number of nitriles is 1. The Morgan fingerprint density at radius 2 is 1.95 bits per heavy atom. The highest BCUT2D eigenvalue weighted by molar-refractivity contribution is 6.32. The van der Waals surface area contributed by atoms with Crippen molar-refractivity contribution < 1.29 is 14.2 Å². The molecule has 1 atom stereocenters. The first-order chi connectivity index (χ1) is 19.2. The van der Waals surface area contributed by atoms with Crippen molar-refractivity contribution in [3.63, 3.8) is 0 Å². The molecule has 0 amide bonds. The van der Waals surface area contributed by atoms with Crippen LogP contribution in [0.4, 0.5) is 17.1 Å². The maximum atomic E-state index is 9.95. The number of nitrogens with one attached hydrogen (secondary N) is 1. The number of hydrogen-bond acceptors (Lipinski definition) is 8. The number of halogens is 1. The van der Waals surface area contributed by atoms with Crippen LogP contribution < -0.4 is 19.7 Å². The van der Waals surface area contributed by atoms with E-state index in [1.165, 1.54) is 6.42 Å². The lowest BCUT2D eigenvalue weighted by atomic mass is 10.0. The molecule has 1 N–H and O–H groups in total. The van der Waals surface area contributed by atoms with E-state index in [4.69, 9.17) is 25.8 Å². The zero-order valence-electron chi connectivity index (χ0n) is 21.4. The molecule has 2 fully saturated rings. The van der Waals surface area contributed by atoms with Gasteiger partial charge in [0.25, 0.3) is 0 Å². The molecule has 2 aliphatic heterocycles. The maximum absolute atomic E-state index is 9.95. The maximum Gasteiger partial charge on any atom is 0.219 e. The molecule has 39 heavy (non-hydrogen) atoms. The molecule has 0 saturated carbocycles. The van der Waals surface area contributed by atoms with Crippen molar-refractivity contribution in [3.8, 4) is 23.4 Å². The number of piperidine rings is 1. The minimum absolute atomic E-state index is 0.0240. The zero-order chi connectivity index (χ0) is 26.6. The van der Waals surface area contributed by atoms with Gasteiger partial charge in [-0.2, -0.15) is 5.26 Å². The lowest BCUT2D eigenvalue weighted by Gasteiger charge is -2.31. The van der Waals surface area contributed by atoms with Gasteiger partial charge in [0, 0.05) is 55.1 Å². The molecule has 9 heteroatoms. The number of pyridine rings is 2. The summed E-state index contributed by atoms with van der Waals surface area (Å²) in [6, 6.07) is 17.2. The molecular formula is C30H28ClN5O3. The molecule has 2 aromatic heterocycles. The first kappa shape index (κ1) is 25.2. The summed E-state index contributed by atoms with van der Waals surface area (Å²) in [5.41, 5.74) is 3.60. The number of nitrogens with zero attached hydrogens (tertiary/aromatic N) is 4. The summed E-state index contributed by atoms with van der Waals surface area (Å²) in [7, 11) is 0. The molecule has 4 aromatic rings. The van der Waals surface area contributed by atoms with Crippen LogP contribution in [-0.2, 0) is 4.74 Å². The van der Waals surface area contributed by atoms with Gasteiger partial charge in [-0.1, -0.05) is 17.7 Å². The third kappa shape index (κ3) is 5.56. The third-order valence-corrected chi connectivity index (χ3v) is 7.30. The number of ether oxygens (including phenoxy) is 3. The molecule has 2 aromatic carbocycles. The molecule has 6 rings (SSSR count). The van der Waals surface area contributed by atoms with Gasteiger partial charge < -0.3 is 24.4 Å². The largest absolute Gasteiger partial charge is 0.486 e. The van der Waals surface area contributed by atoms with E-state index in [1.807, 2.05) is 24.3 Å². The van der Waals surface area contributed by atoms with Crippen molar-refractivity contribution in [2.75, 3.05) is 36.5 Å². The molecule has 2 saturated heterocycles. The normalized spacial score (nSPS) is 17.1. The monoisotopic (exact) mass is 541 g/mol. The quantitative estimate of drug-likeness (QED) is 0.271. The molecule has 4 heterocycles. The molecule has 0 radical (unpaired) electrons. The SMILES string of the molecule is N#Cc1cnc2cc(OC3CCOC3)c(N3CCCCC3)cc2c1Nc1ccc(Oc2ccccn2)c(Cl)c1. The van der Waals surface area contributed by atoms with Gasteiger partial charge in [-0.25, -0.2) is 4.98 Å². The number of benzene rings is 2. The van der Waals surface area contributed by atoms with Crippen LogP contribution in [0.15, 0.2) is 60.9 Å². The number of aromatic nitrogens is 2. The van der Waals surface area contributed by atoms with Gasteiger partial charge in [0.2, 0.25) is 5.88 Å². The number of rotatable bonds is 7. The highest BCUT2D eigenvalue weighted by Crippen LogP contribution is 2.40. The Balaban J connectivity index is 1.37. The third-order valence-electron chi connectivity index (χ3n) is 7.00. The number of fused-ring (bicyclic) bond motifs is 1. The van der Waals surface area contributed by atoms with E-state index in [0.29, 0.717) is 41.1 Å². The highest BCUT2D eigenvalue weighted by atomic mass is 35.5. The Labute approximate surface area is 232 Å². The van der Waals surface area contributed by atoms with E-state index in [-0.39, 0.29) is 6.10 Å². The van der Waals surface area contributed by atoms with Crippen molar-refractivity contribution in [1.29, 1.82) is 5.26 Å². The van der Waals surface area contributed by atoms with E-state index in [0.717, 1.165) is 60.4 Å². The van der Waals surface area contributed by atoms with Crippen molar-refractivity contribution >= 4 is 39.6 Å². The molecule has 1 unspecified atom stereocenters. The average molecular weight is 542 g/mol. The summed E-state index contributed by atoms with van der Waals surface area (Å²) in [5.74, 6) is 1.76. The van der Waals surface area contributed by atoms with Gasteiger partial charge in [0.15, 0.2) is 0 Å². The number of anilines is 3. The van der Waals surface area contributed by atoms with Gasteiger partial charge in [0.1, 0.15) is 23.7 Å². The van der Waals surface area contributed by atoms with Crippen molar-refractivity contribution in [2.45, 2.75) is 31.8 Å². The van der Waals surface area contributed by atoms with Crippen LogP contribution in [0.2, 0.25) is 5.02 Å². The van der Waals surface area contributed by atoms with Crippen LogP contribution in [0.5, 0.6) is 17.4 Å². The fourth-order valence-corrected chi connectivity index (χ4v) is 5.23. The summed E-state index contributed by atoms with van der Waals surface area (Å²) in [6.07, 6.45) is 7.64. The summed E-state index contributed by atoms with van der Waals surface area (Å²) < 4.78 is 17.8. The van der Waals surface area contributed by atoms with Gasteiger partial charge in [0.05, 0.1) is 40.7 Å². The summed E-state index contributed by atoms with van der Waals surface area (Å²) >= 11 is 6.56. The van der Waals surface area contributed by atoms with Gasteiger partial charge >= 0.3 is 0 Å². The van der Waals surface area contributed by atoms with Crippen LogP contribution in [0.25, 0.3) is 10.9 Å². The average Bonchev–Trinajstić information content (AvgIpc) is 3.48. The van der Waals surface area contributed by atoms with E-state index < -0.39 is 0 Å². The minimum atomic E-state index is 0.0240. The lowest BCUT2D eigenvalue weighted by molar-refractivity contribution is 0.141. The van der Waals surface area contributed by atoms with Crippen molar-refractivity contribution in [1.82, 2.24) is 9.97 Å². The molecule has 8 nitrogen and oxygen atoms in total. The summed E-state index contributed by atoms with van der Waals surface area (Å²) in [4.78, 5) is 11.2. The Morgan fingerprint density at radius 3 is 2.69 bits per heavy atom. The molecule has 0 aliphatic carbocycles. The second-order valence-corrected chi connectivity index (χ2v) is 10.1. The Hall–Kier alpha value is -4.06. The standard InChI is InChI=1S/C30H28ClN5O3/c31-24-14-21(7-8-27(24)39-29-6-2-3-10-33-29)35-30-20(17-32)18-34-25-16-28(38-22-9-13-37-19-22)26(15-23(25)30)36-11-4-1-5-12-36/h2-3,6-8,10,14-16,18,22H,1,4-5,9,11-13,19H2,(H,34,35). The first-order valence-electron chi connectivity index (χ1n) is 13.2. The smallest absolute Gasteiger partial charge is 0.219 e. The minimum Gasteiger partial charge on any atom is -0.486 e. The fraction of sp³-hybridized carbons (Fsp3) is 0.300. The van der Waals surface area contributed by atoms with E-state index in [1.54, 1.807) is 30.6 Å². The van der Waals surface area contributed by atoms with E-state index in [2.05, 4.69) is 32.3 Å². The van der Waals surface area contributed by atoms with Crippen molar-refractivity contribution in [2.24, 2.45) is 0 Å². The second kappa shape index (κ2) is 11.4. The molecular weight excluding hydrogens is 514 g/mol. The molecule has 198 valence electrons. The predicted octanol–water partition coefficient (Wildman–Crippen LogP) is 6.85. The van der Waals surface area contributed by atoms with Crippen LogP contribution in [0.3, 0.4) is 0 Å². The number of hydrogen-bond donors (Lipinski definition) is 1. The zero-order valence-corrected chi connectivity index (χ0v) is 22.2. The lowest BCUT2D eigenvalue weighted by Crippen LogP contribution is -2.30. The Morgan fingerprint density at radius 1 is 1.05 bits per heavy atom. The predicted molar refractivity (Wildman–Crippen MR) is 151 cm³/mol. The van der Waals surface area contributed by atoms with Gasteiger partial charge in [-0.15, -0.1) is 0 Å². The summed E-state index contributed by atoms with van der Waals surface area (Å²) in [6.45, 7) is 3.23. The Kier molecular flexibility index (Phi) is 7.35. The second-order valence-electron chi connectivity index (χ2n) is 9.69. The first-order valence-corrected chi connectivity index (χ1v) is 13.6. The van der Waals surface area contributed by atoms with Gasteiger partial charge in [-0.3, -0.25) is 4.98 Å². The molecule has 0 spiro atoms.